The summed E-state index contributed by atoms with van der Waals surface area (Å²) in [6.07, 6.45) is 6.09. The number of halogens is 1. The smallest absolute Gasteiger partial charge is 0.254 e. The molecule has 1 aromatic carbocycles. The Morgan fingerprint density at radius 2 is 1.86 bits per heavy atom. The lowest BCUT2D eigenvalue weighted by Crippen LogP contribution is -2.46. The number of hydrogen-bond donors (Lipinski definition) is 2. The average molecular weight is 520 g/mol. The molecule has 4 rings (SSSR count). The van der Waals surface area contributed by atoms with Gasteiger partial charge >= 0.3 is 0 Å². The van der Waals surface area contributed by atoms with Crippen LogP contribution in [0.1, 0.15) is 59.8 Å². The van der Waals surface area contributed by atoms with Crippen molar-refractivity contribution >= 4 is 29.3 Å². The second-order valence-electron chi connectivity index (χ2n) is 9.89. The second kappa shape index (κ2) is 10.1. The first kappa shape index (κ1) is 25.9. The molecule has 1 saturated carbocycles. The highest BCUT2D eigenvalue weighted by molar-refractivity contribution is 7.98. The zero-order valence-corrected chi connectivity index (χ0v) is 22.8. The molecule has 1 aliphatic heterocycles. The number of ether oxygens (including phenoxy) is 2. The van der Waals surface area contributed by atoms with Gasteiger partial charge in [-0.15, -0.1) is 11.8 Å². The summed E-state index contributed by atoms with van der Waals surface area (Å²) in [5.74, 6) is 0.126. The number of hydrogen-bond acceptors (Lipinski definition) is 6. The topological polar surface area (TPSA) is 83.7 Å². The molecule has 9 heteroatoms. The van der Waals surface area contributed by atoms with Crippen LogP contribution in [0.3, 0.4) is 0 Å². The molecule has 2 N–H and O–H groups in total. The maximum Gasteiger partial charge on any atom is 0.254 e. The summed E-state index contributed by atoms with van der Waals surface area (Å²) in [5, 5.41) is 3.22. The molecule has 1 atom stereocenters. The average Bonchev–Trinajstić information content (AvgIpc) is 3.20. The fraction of sp³-hybridized carbons (Fsp3) is 0.538. The van der Waals surface area contributed by atoms with Crippen molar-refractivity contribution in [3.63, 3.8) is 0 Å². The summed E-state index contributed by atoms with van der Waals surface area (Å²) in [7, 11) is 4.25. The van der Waals surface area contributed by atoms with Gasteiger partial charge in [-0.3, -0.25) is 9.59 Å². The fourth-order valence-corrected chi connectivity index (χ4v) is 6.10. The van der Waals surface area contributed by atoms with E-state index in [2.05, 4.69) is 29.3 Å². The molecular weight excluding hydrogens is 486 g/mol. The van der Waals surface area contributed by atoms with Gasteiger partial charge in [0.1, 0.15) is 0 Å². The van der Waals surface area contributed by atoms with E-state index in [0.29, 0.717) is 39.3 Å². The Morgan fingerprint density at radius 3 is 2.49 bits per heavy atom. The summed E-state index contributed by atoms with van der Waals surface area (Å²) >= 11 is 8.06. The number of carbonyl (C=O) groups excluding carboxylic acids is 1. The Labute approximate surface area is 215 Å². The number of fused-ring (bicyclic) bond motifs is 1. The molecule has 1 aliphatic carbocycles. The van der Waals surface area contributed by atoms with Gasteiger partial charge in [-0.05, 0) is 72.0 Å². The van der Waals surface area contributed by atoms with E-state index < -0.39 is 5.79 Å². The van der Waals surface area contributed by atoms with Crippen LogP contribution in [0.2, 0.25) is 5.02 Å². The third-order valence-corrected chi connectivity index (χ3v) is 8.42. The molecular formula is C26H34ClN3O4S. The van der Waals surface area contributed by atoms with Gasteiger partial charge in [0.2, 0.25) is 0 Å². The van der Waals surface area contributed by atoms with E-state index in [4.69, 9.17) is 21.1 Å². The number of amides is 1. The number of H-pyrrole nitrogens is 1. The van der Waals surface area contributed by atoms with E-state index >= 15 is 0 Å². The lowest BCUT2D eigenvalue weighted by molar-refractivity contribution is -0.123. The molecule has 7 nitrogen and oxygen atoms in total. The monoisotopic (exact) mass is 519 g/mol. The number of aromatic nitrogens is 1. The largest absolute Gasteiger partial charge is 0.448 e. The fourth-order valence-electron chi connectivity index (χ4n) is 5.16. The number of nitrogens with zero attached hydrogens (tertiary/aromatic N) is 1. The van der Waals surface area contributed by atoms with Crippen molar-refractivity contribution in [3.05, 3.63) is 49.9 Å². The Kier molecular flexibility index (Phi) is 7.46. The highest BCUT2D eigenvalue weighted by Gasteiger charge is 2.47. The van der Waals surface area contributed by atoms with Gasteiger partial charge in [-0.25, -0.2) is 0 Å². The molecule has 2 heterocycles. The standard InChI is InChI=1S/C26H34ClN3O4S/c1-14-11-21(35-6)19(25(32)29-14)13-28-24(31)18-12-20(27)23-22(15(18)2)33-26(3,34-23)16-7-9-17(10-8-16)30(4)5/h11-12,16-17H,7-10,13H2,1-6H3,(H,28,31)(H,29,32)/t16-,17-,26-/m1/s1. The molecule has 0 bridgehead atoms. The Bertz CT molecular complexity index is 1190. The zero-order valence-electron chi connectivity index (χ0n) is 21.2. The molecule has 35 heavy (non-hydrogen) atoms. The van der Waals surface area contributed by atoms with Crippen LogP contribution in [0, 0.1) is 19.8 Å². The molecule has 2 aromatic rings. The van der Waals surface area contributed by atoms with Crippen molar-refractivity contribution in [1.29, 1.82) is 0 Å². The van der Waals surface area contributed by atoms with Crippen molar-refractivity contribution in [3.8, 4) is 11.5 Å². The van der Waals surface area contributed by atoms with Crippen LogP contribution in [-0.4, -0.2) is 48.0 Å². The minimum Gasteiger partial charge on any atom is -0.448 e. The highest BCUT2D eigenvalue weighted by atomic mass is 35.5. The first-order valence-corrected chi connectivity index (χ1v) is 13.6. The summed E-state index contributed by atoms with van der Waals surface area (Å²) < 4.78 is 12.7. The molecule has 0 unspecified atom stereocenters. The van der Waals surface area contributed by atoms with E-state index in [-0.39, 0.29) is 23.9 Å². The molecule has 2 aliphatic rings. The highest BCUT2D eigenvalue weighted by Crippen LogP contribution is 2.51. The maximum absolute atomic E-state index is 13.1. The van der Waals surface area contributed by atoms with Gasteiger partial charge in [0.25, 0.3) is 17.3 Å². The van der Waals surface area contributed by atoms with E-state index in [1.165, 1.54) is 11.8 Å². The first-order chi connectivity index (χ1) is 16.5. The normalized spacial score (nSPS) is 23.5. The number of carbonyl (C=O) groups is 1. The van der Waals surface area contributed by atoms with Gasteiger partial charge in [0, 0.05) is 52.7 Å². The SMILES string of the molecule is CSc1cc(C)[nH]c(=O)c1CNC(=O)c1cc(Cl)c2c(c1C)O[C@@](C)([C@H]1CC[C@H](N(C)C)CC1)O2. The van der Waals surface area contributed by atoms with Crippen LogP contribution >= 0.6 is 23.4 Å². The quantitative estimate of drug-likeness (QED) is 0.528. The van der Waals surface area contributed by atoms with Crippen LogP contribution in [0.4, 0.5) is 0 Å². The minimum absolute atomic E-state index is 0.114. The number of benzene rings is 1. The lowest BCUT2D eigenvalue weighted by Gasteiger charge is -2.39. The predicted octanol–water partition coefficient (Wildman–Crippen LogP) is 4.90. The third-order valence-electron chi connectivity index (χ3n) is 7.34. The number of aryl methyl sites for hydroxylation is 1. The number of pyridine rings is 1. The lowest BCUT2D eigenvalue weighted by atomic mass is 9.81. The Morgan fingerprint density at radius 1 is 1.20 bits per heavy atom. The van der Waals surface area contributed by atoms with Gasteiger partial charge in [-0.1, -0.05) is 11.6 Å². The van der Waals surface area contributed by atoms with Gasteiger partial charge < -0.3 is 24.7 Å². The van der Waals surface area contributed by atoms with Crippen molar-refractivity contribution in [2.45, 2.75) is 69.7 Å². The van der Waals surface area contributed by atoms with E-state index in [9.17, 15) is 9.59 Å². The van der Waals surface area contributed by atoms with E-state index in [0.717, 1.165) is 36.3 Å². The maximum atomic E-state index is 13.1. The van der Waals surface area contributed by atoms with Crippen molar-refractivity contribution < 1.29 is 14.3 Å². The van der Waals surface area contributed by atoms with Crippen molar-refractivity contribution in [2.75, 3.05) is 20.4 Å². The second-order valence-corrected chi connectivity index (χ2v) is 11.1. The Hall–Kier alpha value is -2.16. The molecule has 1 fully saturated rings. The van der Waals surface area contributed by atoms with Crippen LogP contribution in [0.25, 0.3) is 0 Å². The molecule has 1 amide bonds. The summed E-state index contributed by atoms with van der Waals surface area (Å²) in [6, 6.07) is 4.10. The number of thioether (sulfide) groups is 1. The molecule has 190 valence electrons. The van der Waals surface area contributed by atoms with Crippen LogP contribution < -0.4 is 20.3 Å². The van der Waals surface area contributed by atoms with Gasteiger partial charge in [0.05, 0.1) is 5.02 Å². The zero-order chi connectivity index (χ0) is 25.5. The summed E-state index contributed by atoms with van der Waals surface area (Å²) in [5.41, 5.74) is 2.20. The Balaban J connectivity index is 1.52. The minimum atomic E-state index is -0.814. The van der Waals surface area contributed by atoms with Gasteiger partial charge in [-0.2, -0.15) is 0 Å². The van der Waals surface area contributed by atoms with Crippen LogP contribution in [0.5, 0.6) is 11.5 Å². The van der Waals surface area contributed by atoms with Crippen LogP contribution in [0.15, 0.2) is 21.8 Å². The first-order valence-electron chi connectivity index (χ1n) is 12.0. The van der Waals surface area contributed by atoms with Crippen molar-refractivity contribution in [2.24, 2.45) is 5.92 Å². The van der Waals surface area contributed by atoms with Crippen LogP contribution in [-0.2, 0) is 6.54 Å². The van der Waals surface area contributed by atoms with E-state index in [1.807, 2.05) is 33.1 Å². The molecule has 0 saturated heterocycles. The van der Waals surface area contributed by atoms with E-state index in [1.54, 1.807) is 6.07 Å². The predicted molar refractivity (Wildman–Crippen MR) is 140 cm³/mol. The summed E-state index contributed by atoms with van der Waals surface area (Å²) in [6.45, 7) is 5.76. The van der Waals surface area contributed by atoms with Crippen molar-refractivity contribution in [1.82, 2.24) is 15.2 Å². The molecule has 0 spiro atoms. The summed E-state index contributed by atoms with van der Waals surface area (Å²) in [4.78, 5) is 31.5. The number of aromatic amines is 1. The third kappa shape index (κ3) is 5.06. The molecule has 0 radical (unpaired) electrons. The number of rotatable bonds is 6. The van der Waals surface area contributed by atoms with Gasteiger partial charge in [0.15, 0.2) is 11.5 Å². The molecule has 1 aromatic heterocycles. The number of nitrogens with one attached hydrogen (secondary N) is 2.